The molecule has 0 aliphatic carbocycles. The van der Waals surface area contributed by atoms with Crippen LogP contribution in [0.15, 0.2) is 18.2 Å². The molecule has 0 fully saturated rings. The number of aromatic nitrogens is 1. The number of aryl methyl sites for hydroxylation is 1. The van der Waals surface area contributed by atoms with E-state index in [0.29, 0.717) is 0 Å². The van der Waals surface area contributed by atoms with Crippen molar-refractivity contribution in [2.45, 2.75) is 33.1 Å². The summed E-state index contributed by atoms with van der Waals surface area (Å²) in [4.78, 5) is 3.28. The molecule has 14 heavy (non-hydrogen) atoms. The van der Waals surface area contributed by atoms with Crippen LogP contribution in [0.5, 0.6) is 0 Å². The van der Waals surface area contributed by atoms with Crippen LogP contribution in [-0.4, -0.2) is 4.98 Å². The van der Waals surface area contributed by atoms with Crippen LogP contribution in [0.25, 0.3) is 10.9 Å². The summed E-state index contributed by atoms with van der Waals surface area (Å²) in [5, 5.41) is 1.19. The van der Waals surface area contributed by atoms with Crippen LogP contribution in [0.2, 0.25) is 0 Å². The molecule has 1 aromatic carbocycles. The normalized spacial score (nSPS) is 12.3. The molecule has 1 radical (unpaired) electrons. The maximum Gasteiger partial charge on any atom is 0.0462 e. The summed E-state index contributed by atoms with van der Waals surface area (Å²) in [6, 6.07) is 9.86. The predicted octanol–water partition coefficient (Wildman–Crippen LogP) is 3.57. The van der Waals surface area contributed by atoms with Gasteiger partial charge in [-0.15, -0.1) is 0 Å². The van der Waals surface area contributed by atoms with Gasteiger partial charge < -0.3 is 4.98 Å². The van der Waals surface area contributed by atoms with E-state index in [4.69, 9.17) is 0 Å². The Morgan fingerprint density at radius 2 is 1.93 bits per heavy atom. The fourth-order valence-corrected chi connectivity index (χ4v) is 1.66. The first-order valence-electron chi connectivity index (χ1n) is 4.99. The zero-order valence-electron chi connectivity index (χ0n) is 9.23. The Hall–Kier alpha value is -1.24. The van der Waals surface area contributed by atoms with Crippen molar-refractivity contribution < 1.29 is 0 Å². The minimum absolute atomic E-state index is 0.215. The average Bonchev–Trinajstić information content (AvgIpc) is 2.41. The molecule has 0 aliphatic rings. The molecule has 2 aromatic rings. The molecular weight excluding hydrogens is 170 g/mol. The Kier molecular flexibility index (Phi) is 1.91. The van der Waals surface area contributed by atoms with Crippen molar-refractivity contribution in [2.75, 3.05) is 0 Å². The van der Waals surface area contributed by atoms with Crippen molar-refractivity contribution in [1.29, 1.82) is 0 Å². The highest BCUT2D eigenvalue weighted by Crippen LogP contribution is 2.25. The van der Waals surface area contributed by atoms with E-state index in [1.165, 1.54) is 16.5 Å². The number of hydrogen-bond donors (Lipinski definition) is 1. The van der Waals surface area contributed by atoms with Gasteiger partial charge >= 0.3 is 0 Å². The maximum absolute atomic E-state index is 3.32. The molecule has 2 rings (SSSR count). The molecule has 1 heteroatoms. The van der Waals surface area contributed by atoms with Gasteiger partial charge in [0.15, 0.2) is 0 Å². The van der Waals surface area contributed by atoms with Crippen molar-refractivity contribution in [1.82, 2.24) is 4.98 Å². The highest BCUT2D eigenvalue weighted by atomic mass is 14.7. The molecule has 1 N–H and O–H groups in total. The fraction of sp³-hybridized carbons (Fsp3) is 0.385. The zero-order valence-corrected chi connectivity index (χ0v) is 9.23. The molecular formula is C13H16N. The van der Waals surface area contributed by atoms with E-state index in [1.807, 2.05) is 6.92 Å². The third kappa shape index (κ3) is 1.54. The number of fused-ring (bicyclic) bond motifs is 1. The molecule has 1 nitrogen and oxygen atoms in total. The van der Waals surface area contributed by atoms with Crippen LogP contribution >= 0.6 is 0 Å². The molecule has 0 amide bonds. The Bertz CT molecular complexity index is 458. The van der Waals surface area contributed by atoms with Crippen molar-refractivity contribution in [3.05, 3.63) is 35.5 Å². The fourth-order valence-electron chi connectivity index (χ4n) is 1.66. The Labute approximate surface area is 85.1 Å². The van der Waals surface area contributed by atoms with Gasteiger partial charge in [0, 0.05) is 22.7 Å². The van der Waals surface area contributed by atoms with E-state index in [2.05, 4.69) is 50.0 Å². The third-order valence-corrected chi connectivity index (χ3v) is 2.53. The molecule has 1 heterocycles. The summed E-state index contributed by atoms with van der Waals surface area (Å²) in [5.74, 6) is 0. The van der Waals surface area contributed by atoms with Crippen molar-refractivity contribution in [3.8, 4) is 0 Å². The van der Waals surface area contributed by atoms with Crippen LogP contribution in [0.1, 0.15) is 32.0 Å². The summed E-state index contributed by atoms with van der Waals surface area (Å²) in [6.07, 6.45) is 0. The summed E-state index contributed by atoms with van der Waals surface area (Å²) in [5.41, 5.74) is 3.86. The summed E-state index contributed by atoms with van der Waals surface area (Å²) < 4.78 is 0. The SMILES string of the molecule is Cc1[c]c2cc(C(C)(C)C)ccc2[nH]1. The second-order valence-electron chi connectivity index (χ2n) is 4.89. The Balaban J connectivity index is 2.62. The highest BCUT2D eigenvalue weighted by molar-refractivity contribution is 5.80. The van der Waals surface area contributed by atoms with E-state index in [1.54, 1.807) is 0 Å². The van der Waals surface area contributed by atoms with Gasteiger partial charge in [-0.2, -0.15) is 0 Å². The first-order valence-corrected chi connectivity index (χ1v) is 4.99. The number of nitrogens with one attached hydrogen (secondary N) is 1. The van der Waals surface area contributed by atoms with Gasteiger partial charge in [0.1, 0.15) is 0 Å². The monoisotopic (exact) mass is 186 g/mol. The Morgan fingerprint density at radius 1 is 1.21 bits per heavy atom. The van der Waals surface area contributed by atoms with E-state index < -0.39 is 0 Å². The second-order valence-corrected chi connectivity index (χ2v) is 4.89. The first kappa shape index (κ1) is 9.32. The lowest BCUT2D eigenvalue weighted by Gasteiger charge is -2.18. The largest absolute Gasteiger partial charge is 0.358 e. The van der Waals surface area contributed by atoms with Crippen LogP contribution in [0, 0.1) is 13.0 Å². The molecule has 0 saturated heterocycles. The van der Waals surface area contributed by atoms with Gasteiger partial charge in [-0.25, -0.2) is 0 Å². The van der Waals surface area contributed by atoms with Crippen LogP contribution in [-0.2, 0) is 5.41 Å². The maximum atomic E-state index is 3.32. The summed E-state index contributed by atoms with van der Waals surface area (Å²) >= 11 is 0. The third-order valence-electron chi connectivity index (χ3n) is 2.53. The predicted molar refractivity (Wildman–Crippen MR) is 60.6 cm³/mol. The summed E-state index contributed by atoms with van der Waals surface area (Å²) in [7, 11) is 0. The van der Waals surface area contributed by atoms with Gasteiger partial charge in [0.25, 0.3) is 0 Å². The van der Waals surface area contributed by atoms with Crippen LogP contribution < -0.4 is 0 Å². The van der Waals surface area contributed by atoms with Crippen molar-refractivity contribution in [2.24, 2.45) is 0 Å². The molecule has 0 bridgehead atoms. The van der Waals surface area contributed by atoms with Crippen molar-refractivity contribution >= 4 is 10.9 Å². The van der Waals surface area contributed by atoms with Crippen LogP contribution in [0.4, 0.5) is 0 Å². The smallest absolute Gasteiger partial charge is 0.0462 e. The molecule has 1 aromatic heterocycles. The van der Waals surface area contributed by atoms with E-state index in [9.17, 15) is 0 Å². The second kappa shape index (κ2) is 2.88. The number of aromatic amines is 1. The zero-order chi connectivity index (χ0) is 10.3. The van der Waals surface area contributed by atoms with Gasteiger partial charge in [-0.1, -0.05) is 26.8 Å². The number of hydrogen-bond acceptors (Lipinski definition) is 0. The molecule has 0 spiro atoms. The van der Waals surface area contributed by atoms with E-state index >= 15 is 0 Å². The molecule has 0 saturated carbocycles. The average molecular weight is 186 g/mol. The lowest BCUT2D eigenvalue weighted by molar-refractivity contribution is 0.591. The lowest BCUT2D eigenvalue weighted by atomic mass is 9.86. The number of rotatable bonds is 0. The summed E-state index contributed by atoms with van der Waals surface area (Å²) in [6.45, 7) is 8.73. The highest BCUT2D eigenvalue weighted by Gasteiger charge is 2.13. The Morgan fingerprint density at radius 3 is 2.57 bits per heavy atom. The van der Waals surface area contributed by atoms with Gasteiger partial charge in [0.2, 0.25) is 0 Å². The quantitative estimate of drug-likeness (QED) is 0.647. The lowest BCUT2D eigenvalue weighted by Crippen LogP contribution is -2.10. The number of benzene rings is 1. The van der Waals surface area contributed by atoms with Crippen molar-refractivity contribution in [3.63, 3.8) is 0 Å². The van der Waals surface area contributed by atoms with E-state index in [-0.39, 0.29) is 5.41 Å². The molecule has 0 unspecified atom stereocenters. The molecule has 73 valence electrons. The first-order chi connectivity index (χ1) is 6.47. The van der Waals surface area contributed by atoms with Gasteiger partial charge in [-0.05, 0) is 30.0 Å². The number of H-pyrrole nitrogens is 1. The minimum Gasteiger partial charge on any atom is -0.358 e. The molecule has 0 atom stereocenters. The van der Waals surface area contributed by atoms with Gasteiger partial charge in [0.05, 0.1) is 0 Å². The van der Waals surface area contributed by atoms with E-state index in [0.717, 1.165) is 5.69 Å². The van der Waals surface area contributed by atoms with Crippen LogP contribution in [0.3, 0.4) is 0 Å². The topological polar surface area (TPSA) is 15.8 Å². The minimum atomic E-state index is 0.215. The molecule has 0 aliphatic heterocycles. The standard InChI is InChI=1S/C13H16N/c1-9-7-10-8-11(13(2,3)4)5-6-12(10)14-9/h5-6,8,14H,1-4H3. The van der Waals surface area contributed by atoms with Gasteiger partial charge in [-0.3, -0.25) is 0 Å².